The second-order valence-corrected chi connectivity index (χ2v) is 4.35. The molecule has 2 aromatic rings. The Kier molecular flexibility index (Phi) is 2.64. The number of hydrogen-bond donors (Lipinski definition) is 1. The van der Waals surface area contributed by atoms with Gasteiger partial charge >= 0.3 is 9.33 Å². The number of aromatic amines is 1. The van der Waals surface area contributed by atoms with Crippen molar-refractivity contribution >= 4 is 22.6 Å². The number of rotatable bonds is 1. The third-order valence-corrected chi connectivity index (χ3v) is 3.33. The molecule has 0 spiro atoms. The van der Waals surface area contributed by atoms with Crippen molar-refractivity contribution in [3.8, 4) is 5.69 Å². The monoisotopic (exact) mass is 317 g/mol. The Morgan fingerprint density at radius 2 is 2.13 bits per heavy atom. The summed E-state index contributed by atoms with van der Waals surface area (Å²) < 4.78 is 6.88. The average Bonchev–Trinajstić information content (AvgIpc) is 2.53. The van der Waals surface area contributed by atoms with Gasteiger partial charge in [0.15, 0.2) is 0 Å². The first kappa shape index (κ1) is 10.4. The van der Waals surface area contributed by atoms with Gasteiger partial charge in [0.25, 0.3) is 0 Å². The van der Waals surface area contributed by atoms with Crippen LogP contribution in [0.4, 0.5) is 0 Å². The van der Waals surface area contributed by atoms with Crippen LogP contribution in [0.1, 0.15) is 11.1 Å². The zero-order valence-corrected chi connectivity index (χ0v) is 10.5. The molecule has 15 heavy (non-hydrogen) atoms. The van der Waals surface area contributed by atoms with Crippen LogP contribution in [-0.2, 0) is 0 Å². The van der Waals surface area contributed by atoms with E-state index in [9.17, 15) is 4.79 Å². The Bertz CT molecular complexity index is 557. The third-order valence-electron chi connectivity index (χ3n) is 2.41. The normalized spacial score (nSPS) is 10.6. The summed E-state index contributed by atoms with van der Waals surface area (Å²) in [5.41, 5.74) is 2.89. The standard InChI is InChI=1S/C10H9IN2O2/c1-6-4-3-5-8(7(6)2)13-9(11)10(14)15-12-13/h3-5H,1-2H3/p+1. The average molecular weight is 317 g/mol. The van der Waals surface area contributed by atoms with E-state index >= 15 is 0 Å². The zero-order valence-electron chi connectivity index (χ0n) is 8.37. The fourth-order valence-corrected chi connectivity index (χ4v) is 1.86. The smallest absolute Gasteiger partial charge is 0.282 e. The third kappa shape index (κ3) is 1.71. The highest BCUT2D eigenvalue weighted by molar-refractivity contribution is 14.1. The molecule has 1 aromatic heterocycles. The molecular weight excluding hydrogens is 307 g/mol. The lowest BCUT2D eigenvalue weighted by Gasteiger charge is -1.99. The van der Waals surface area contributed by atoms with Gasteiger partial charge in [0.1, 0.15) is 0 Å². The lowest BCUT2D eigenvalue weighted by Crippen LogP contribution is -2.38. The molecule has 0 saturated heterocycles. The van der Waals surface area contributed by atoms with Gasteiger partial charge < -0.3 is 0 Å². The van der Waals surface area contributed by atoms with Gasteiger partial charge in [-0.15, -0.1) is 0 Å². The van der Waals surface area contributed by atoms with Crippen LogP contribution in [0.3, 0.4) is 0 Å². The number of nitrogens with one attached hydrogen (secondary N) is 1. The number of nitrogens with zero attached hydrogens (tertiary/aromatic N) is 1. The summed E-state index contributed by atoms with van der Waals surface area (Å²) >= 11 is 1.96. The van der Waals surface area contributed by atoms with Crippen molar-refractivity contribution in [2.45, 2.75) is 13.8 Å². The van der Waals surface area contributed by atoms with Crippen molar-refractivity contribution < 1.29 is 9.20 Å². The van der Waals surface area contributed by atoms with E-state index in [4.69, 9.17) is 4.52 Å². The van der Waals surface area contributed by atoms with Crippen LogP contribution in [0.15, 0.2) is 27.5 Å². The summed E-state index contributed by atoms with van der Waals surface area (Å²) in [6, 6.07) is 5.92. The molecule has 0 aliphatic heterocycles. The predicted octanol–water partition coefficient (Wildman–Crippen LogP) is 1.47. The van der Waals surface area contributed by atoms with Gasteiger partial charge in [0.2, 0.25) is 5.69 Å². The van der Waals surface area contributed by atoms with Gasteiger partial charge in [-0.3, -0.25) is 4.52 Å². The number of aryl methyl sites for hydroxylation is 1. The Balaban J connectivity index is 2.69. The molecule has 0 unspecified atom stereocenters. The number of H-pyrrole nitrogens is 1. The number of aromatic nitrogens is 2. The second kappa shape index (κ2) is 3.80. The van der Waals surface area contributed by atoms with Crippen molar-refractivity contribution in [2.75, 3.05) is 0 Å². The predicted molar refractivity (Wildman–Crippen MR) is 63.1 cm³/mol. The summed E-state index contributed by atoms with van der Waals surface area (Å²) in [6.45, 7) is 4.05. The molecule has 0 aliphatic carbocycles. The van der Waals surface area contributed by atoms with Crippen LogP contribution in [-0.4, -0.2) is 5.27 Å². The van der Waals surface area contributed by atoms with Crippen molar-refractivity contribution in [1.29, 1.82) is 0 Å². The number of benzene rings is 1. The van der Waals surface area contributed by atoms with E-state index in [-0.39, 0.29) is 5.63 Å². The Morgan fingerprint density at radius 1 is 1.40 bits per heavy atom. The van der Waals surface area contributed by atoms with Gasteiger partial charge in [0, 0.05) is 34.2 Å². The largest absolute Gasteiger partial charge is 0.441 e. The van der Waals surface area contributed by atoms with E-state index in [1.165, 1.54) is 5.56 Å². The molecule has 0 amide bonds. The molecule has 0 saturated carbocycles. The maximum absolute atomic E-state index is 11.2. The van der Waals surface area contributed by atoms with E-state index in [0.717, 1.165) is 11.3 Å². The molecule has 0 radical (unpaired) electrons. The summed E-state index contributed by atoms with van der Waals surface area (Å²) in [7, 11) is 0. The highest BCUT2D eigenvalue weighted by Gasteiger charge is 2.22. The Hall–Kier alpha value is -1.11. The first-order valence-electron chi connectivity index (χ1n) is 4.47. The van der Waals surface area contributed by atoms with Crippen molar-refractivity contribution in [2.24, 2.45) is 0 Å². The molecule has 0 atom stereocenters. The summed E-state index contributed by atoms with van der Waals surface area (Å²) in [6.07, 6.45) is 0. The van der Waals surface area contributed by atoms with Gasteiger partial charge in [0.05, 0.1) is 0 Å². The van der Waals surface area contributed by atoms with E-state index in [1.807, 2.05) is 54.6 Å². The van der Waals surface area contributed by atoms with Gasteiger partial charge in [-0.25, -0.2) is 4.79 Å². The van der Waals surface area contributed by atoms with Gasteiger partial charge in [-0.05, 0) is 29.4 Å². The molecule has 5 heteroatoms. The number of halogens is 1. The maximum atomic E-state index is 11.2. The van der Waals surface area contributed by atoms with Gasteiger partial charge in [-0.2, -0.15) is 0 Å². The van der Waals surface area contributed by atoms with Crippen molar-refractivity contribution in [1.82, 2.24) is 5.27 Å². The quantitative estimate of drug-likeness (QED) is 0.640. The molecule has 78 valence electrons. The fraction of sp³-hybridized carbons (Fsp3) is 0.200. The summed E-state index contributed by atoms with van der Waals surface area (Å²) in [4.78, 5) is 11.2. The lowest BCUT2D eigenvalue weighted by atomic mass is 10.1. The molecule has 1 aromatic carbocycles. The highest BCUT2D eigenvalue weighted by Crippen LogP contribution is 2.12. The minimum atomic E-state index is -0.350. The molecular formula is C10H10IN2O2+. The Labute approximate surface area is 100 Å². The summed E-state index contributed by atoms with van der Waals surface area (Å²) in [5, 5.41) is 2.58. The first-order chi connectivity index (χ1) is 7.11. The highest BCUT2D eigenvalue weighted by atomic mass is 127. The van der Waals surface area contributed by atoms with Crippen molar-refractivity contribution in [3.05, 3.63) is 43.4 Å². The molecule has 1 heterocycles. The van der Waals surface area contributed by atoms with Crippen LogP contribution in [0.5, 0.6) is 0 Å². The molecule has 4 nitrogen and oxygen atoms in total. The summed E-state index contributed by atoms with van der Waals surface area (Å²) in [5.74, 6) is 0. The molecule has 0 fully saturated rings. The van der Waals surface area contributed by atoms with Crippen LogP contribution in [0.2, 0.25) is 0 Å². The van der Waals surface area contributed by atoms with Crippen LogP contribution in [0, 0.1) is 17.5 Å². The minimum Gasteiger partial charge on any atom is -0.282 e. The topological polar surface area (TPSA) is 49.9 Å². The van der Waals surface area contributed by atoms with Crippen LogP contribution < -0.4 is 10.3 Å². The fourth-order valence-electron chi connectivity index (χ4n) is 1.39. The van der Waals surface area contributed by atoms with E-state index < -0.39 is 0 Å². The van der Waals surface area contributed by atoms with Gasteiger partial charge in [-0.1, -0.05) is 12.1 Å². The molecule has 1 N–H and O–H groups in total. The second-order valence-electron chi connectivity index (χ2n) is 3.33. The number of hydrogen-bond acceptors (Lipinski definition) is 2. The van der Waals surface area contributed by atoms with E-state index in [1.54, 1.807) is 4.68 Å². The van der Waals surface area contributed by atoms with Crippen LogP contribution in [0.25, 0.3) is 5.69 Å². The molecule has 0 aliphatic rings. The van der Waals surface area contributed by atoms with E-state index in [2.05, 4.69) is 5.27 Å². The Morgan fingerprint density at radius 3 is 2.73 bits per heavy atom. The minimum absolute atomic E-state index is 0.350. The molecule has 2 rings (SSSR count). The van der Waals surface area contributed by atoms with Crippen LogP contribution >= 0.6 is 22.6 Å². The SMILES string of the molecule is Cc1cccc(-[n+]2[nH]oc(=O)c2I)c1C. The first-order valence-corrected chi connectivity index (χ1v) is 5.54. The lowest BCUT2D eigenvalue weighted by molar-refractivity contribution is -0.682. The maximum Gasteiger partial charge on any atom is 0.441 e. The zero-order chi connectivity index (χ0) is 11.0. The van der Waals surface area contributed by atoms with Crippen molar-refractivity contribution in [3.63, 3.8) is 0 Å². The molecule has 0 bridgehead atoms. The van der Waals surface area contributed by atoms with E-state index in [0.29, 0.717) is 3.70 Å².